The van der Waals surface area contributed by atoms with Gasteiger partial charge in [-0.3, -0.25) is 14.4 Å². The Morgan fingerprint density at radius 1 is 1.06 bits per heavy atom. The maximum absolute atomic E-state index is 13.3. The number of nitrogens with one attached hydrogen (secondary N) is 1. The SMILES string of the molecule is C=CCN1CCN(C(=O)[C@@H]2CCC(=O)N2)C[C@@H](Cc2cccc(-c3ccccc3)c2)C1=O. The first-order valence-electron chi connectivity index (χ1n) is 11.2. The van der Waals surface area contributed by atoms with Crippen molar-refractivity contribution >= 4 is 17.7 Å². The fraction of sp³-hybridized carbons (Fsp3) is 0.346. The van der Waals surface area contributed by atoms with E-state index in [2.05, 4.69) is 36.2 Å². The highest BCUT2D eigenvalue weighted by atomic mass is 16.2. The van der Waals surface area contributed by atoms with Crippen LogP contribution in [0.5, 0.6) is 0 Å². The van der Waals surface area contributed by atoms with E-state index in [0.29, 0.717) is 45.4 Å². The van der Waals surface area contributed by atoms with Crippen molar-refractivity contribution in [3.8, 4) is 11.1 Å². The van der Waals surface area contributed by atoms with Gasteiger partial charge in [0.25, 0.3) is 0 Å². The van der Waals surface area contributed by atoms with E-state index < -0.39 is 6.04 Å². The summed E-state index contributed by atoms with van der Waals surface area (Å²) in [5, 5.41) is 2.76. The summed E-state index contributed by atoms with van der Waals surface area (Å²) < 4.78 is 0. The molecule has 2 atom stereocenters. The molecule has 4 rings (SSSR count). The monoisotopic (exact) mass is 431 g/mol. The molecule has 0 spiro atoms. The number of rotatable bonds is 6. The fourth-order valence-electron chi connectivity index (χ4n) is 4.55. The van der Waals surface area contributed by atoms with Crippen molar-refractivity contribution in [2.24, 2.45) is 5.92 Å². The number of benzene rings is 2. The molecule has 2 fully saturated rings. The lowest BCUT2D eigenvalue weighted by atomic mass is 9.94. The molecule has 0 aromatic heterocycles. The Bertz CT molecular complexity index is 1000. The minimum Gasteiger partial charge on any atom is -0.344 e. The van der Waals surface area contributed by atoms with Crippen molar-refractivity contribution in [1.82, 2.24) is 15.1 Å². The Kier molecular flexibility index (Phi) is 6.69. The average molecular weight is 432 g/mol. The standard InChI is InChI=1S/C26H29N3O3/c1-2-13-28-14-15-29(26(32)23-11-12-24(30)27-23)18-22(25(28)31)17-19-7-6-10-21(16-19)20-8-4-3-5-9-20/h2-10,16,22-23H,1,11-15,17-18H2,(H,27,30)/t22-,23+/m1/s1. The third kappa shape index (κ3) is 4.90. The highest BCUT2D eigenvalue weighted by Crippen LogP contribution is 2.24. The second-order valence-corrected chi connectivity index (χ2v) is 8.48. The molecule has 3 amide bonds. The van der Waals surface area contributed by atoms with E-state index in [1.807, 2.05) is 30.3 Å². The molecule has 2 aliphatic rings. The van der Waals surface area contributed by atoms with Crippen molar-refractivity contribution < 1.29 is 14.4 Å². The Morgan fingerprint density at radius 3 is 2.56 bits per heavy atom. The van der Waals surface area contributed by atoms with Gasteiger partial charge in [0, 0.05) is 32.6 Å². The van der Waals surface area contributed by atoms with Crippen molar-refractivity contribution in [3.05, 3.63) is 72.8 Å². The van der Waals surface area contributed by atoms with Gasteiger partial charge in [0.05, 0.1) is 5.92 Å². The van der Waals surface area contributed by atoms with Gasteiger partial charge in [0.15, 0.2) is 0 Å². The van der Waals surface area contributed by atoms with Gasteiger partial charge in [-0.1, -0.05) is 60.7 Å². The summed E-state index contributed by atoms with van der Waals surface area (Å²) in [6, 6.07) is 17.9. The van der Waals surface area contributed by atoms with E-state index in [4.69, 9.17) is 0 Å². The van der Waals surface area contributed by atoms with Crippen molar-refractivity contribution in [2.45, 2.75) is 25.3 Å². The van der Waals surface area contributed by atoms with Gasteiger partial charge in [-0.2, -0.15) is 0 Å². The number of carbonyl (C=O) groups is 3. The Morgan fingerprint density at radius 2 is 1.84 bits per heavy atom. The van der Waals surface area contributed by atoms with Gasteiger partial charge in [0.2, 0.25) is 17.7 Å². The molecule has 6 heteroatoms. The van der Waals surface area contributed by atoms with Crippen LogP contribution in [0.2, 0.25) is 0 Å². The second kappa shape index (κ2) is 9.81. The molecule has 2 aromatic carbocycles. The average Bonchev–Trinajstić information content (AvgIpc) is 3.20. The minimum atomic E-state index is -0.481. The summed E-state index contributed by atoms with van der Waals surface area (Å²) in [4.78, 5) is 41.5. The maximum atomic E-state index is 13.3. The van der Waals surface area contributed by atoms with E-state index >= 15 is 0 Å². The fourth-order valence-corrected chi connectivity index (χ4v) is 4.55. The van der Waals surface area contributed by atoms with Crippen LogP contribution in [0.25, 0.3) is 11.1 Å². The first-order valence-corrected chi connectivity index (χ1v) is 11.2. The molecule has 2 saturated heterocycles. The molecular weight excluding hydrogens is 402 g/mol. The summed E-state index contributed by atoms with van der Waals surface area (Å²) in [6.45, 7) is 5.53. The molecule has 166 valence electrons. The molecule has 0 bridgehead atoms. The van der Waals surface area contributed by atoms with E-state index in [-0.39, 0.29) is 23.6 Å². The van der Waals surface area contributed by atoms with Crippen molar-refractivity contribution in [1.29, 1.82) is 0 Å². The lowest BCUT2D eigenvalue weighted by Gasteiger charge is -2.26. The lowest BCUT2D eigenvalue weighted by molar-refractivity contribution is -0.136. The van der Waals surface area contributed by atoms with Crippen LogP contribution in [-0.4, -0.2) is 59.7 Å². The zero-order chi connectivity index (χ0) is 22.5. The predicted octanol–water partition coefficient (Wildman–Crippen LogP) is 2.65. The van der Waals surface area contributed by atoms with E-state index in [9.17, 15) is 14.4 Å². The first-order chi connectivity index (χ1) is 15.5. The highest BCUT2D eigenvalue weighted by Gasteiger charge is 2.36. The first kappa shape index (κ1) is 21.8. The molecule has 2 aliphatic heterocycles. The molecule has 1 N–H and O–H groups in total. The third-order valence-electron chi connectivity index (χ3n) is 6.21. The molecule has 6 nitrogen and oxygen atoms in total. The second-order valence-electron chi connectivity index (χ2n) is 8.48. The van der Waals surface area contributed by atoms with Gasteiger partial charge in [-0.15, -0.1) is 6.58 Å². The van der Waals surface area contributed by atoms with Gasteiger partial charge in [-0.05, 0) is 29.5 Å². The van der Waals surface area contributed by atoms with Gasteiger partial charge in [-0.25, -0.2) is 0 Å². The van der Waals surface area contributed by atoms with Crippen LogP contribution < -0.4 is 5.32 Å². The number of amides is 3. The number of nitrogens with zero attached hydrogens (tertiary/aromatic N) is 2. The van der Waals surface area contributed by atoms with Crippen LogP contribution in [0.3, 0.4) is 0 Å². The summed E-state index contributed by atoms with van der Waals surface area (Å²) in [5.74, 6) is -0.478. The maximum Gasteiger partial charge on any atom is 0.245 e. The van der Waals surface area contributed by atoms with Crippen molar-refractivity contribution in [3.63, 3.8) is 0 Å². The van der Waals surface area contributed by atoms with Crippen LogP contribution in [0.1, 0.15) is 18.4 Å². The summed E-state index contributed by atoms with van der Waals surface area (Å²) in [7, 11) is 0. The zero-order valence-corrected chi connectivity index (χ0v) is 18.2. The van der Waals surface area contributed by atoms with Gasteiger partial charge in [0.1, 0.15) is 6.04 Å². The van der Waals surface area contributed by atoms with Gasteiger partial charge >= 0.3 is 0 Å². The Hall–Kier alpha value is -3.41. The van der Waals surface area contributed by atoms with E-state index in [1.54, 1.807) is 15.9 Å². The molecule has 0 radical (unpaired) electrons. The molecule has 0 unspecified atom stereocenters. The topological polar surface area (TPSA) is 69.7 Å². The Labute approximate surface area is 188 Å². The van der Waals surface area contributed by atoms with Crippen molar-refractivity contribution in [2.75, 3.05) is 26.2 Å². The van der Waals surface area contributed by atoms with E-state index in [0.717, 1.165) is 16.7 Å². The quantitative estimate of drug-likeness (QED) is 0.715. The molecule has 2 aromatic rings. The number of hydrogen-bond donors (Lipinski definition) is 1. The predicted molar refractivity (Wildman–Crippen MR) is 124 cm³/mol. The summed E-state index contributed by atoms with van der Waals surface area (Å²) in [5.41, 5.74) is 3.30. The van der Waals surface area contributed by atoms with Crippen LogP contribution in [0.4, 0.5) is 0 Å². The largest absolute Gasteiger partial charge is 0.344 e. The normalized spacial score (nSPS) is 21.2. The minimum absolute atomic E-state index is 0.0424. The smallest absolute Gasteiger partial charge is 0.245 e. The zero-order valence-electron chi connectivity index (χ0n) is 18.2. The van der Waals surface area contributed by atoms with E-state index in [1.165, 1.54) is 0 Å². The lowest BCUT2D eigenvalue weighted by Crippen LogP contribution is -2.46. The van der Waals surface area contributed by atoms with Crippen LogP contribution in [-0.2, 0) is 20.8 Å². The molecular formula is C26H29N3O3. The summed E-state index contributed by atoms with van der Waals surface area (Å²) in [6.07, 6.45) is 3.16. The highest BCUT2D eigenvalue weighted by molar-refractivity contribution is 5.91. The van der Waals surface area contributed by atoms with Gasteiger partial charge < -0.3 is 15.1 Å². The number of carbonyl (C=O) groups excluding carboxylic acids is 3. The number of hydrogen-bond acceptors (Lipinski definition) is 3. The van der Waals surface area contributed by atoms with Crippen LogP contribution in [0.15, 0.2) is 67.3 Å². The molecule has 0 saturated carbocycles. The van der Waals surface area contributed by atoms with Crippen LogP contribution in [0, 0.1) is 5.92 Å². The Balaban J connectivity index is 1.55. The third-order valence-corrected chi connectivity index (χ3v) is 6.21. The van der Waals surface area contributed by atoms with Crippen LogP contribution >= 0.6 is 0 Å². The molecule has 0 aliphatic carbocycles. The molecule has 2 heterocycles. The summed E-state index contributed by atoms with van der Waals surface area (Å²) >= 11 is 0. The molecule has 32 heavy (non-hydrogen) atoms.